The van der Waals surface area contributed by atoms with Crippen LogP contribution < -0.4 is 5.32 Å². The topological polar surface area (TPSA) is 21.3 Å². The normalized spacial score (nSPS) is 19.5. The summed E-state index contributed by atoms with van der Waals surface area (Å²) in [7, 11) is -1.62. The van der Waals surface area contributed by atoms with Crippen molar-refractivity contribution in [2.75, 3.05) is 11.9 Å². The van der Waals surface area contributed by atoms with Gasteiger partial charge in [-0.1, -0.05) is 39.0 Å². The van der Waals surface area contributed by atoms with Crippen molar-refractivity contribution >= 4 is 14.0 Å². The molecule has 1 atom stereocenters. The fourth-order valence-electron chi connectivity index (χ4n) is 2.00. The molecule has 1 aromatic carbocycles. The van der Waals surface area contributed by atoms with Crippen molar-refractivity contribution in [2.45, 2.75) is 51.4 Å². The Balaban J connectivity index is 1.91. The summed E-state index contributed by atoms with van der Waals surface area (Å²) >= 11 is 0. The minimum absolute atomic E-state index is 0.290. The van der Waals surface area contributed by atoms with E-state index in [4.69, 9.17) is 4.43 Å². The quantitative estimate of drug-likeness (QED) is 0.831. The molecule has 1 N–H and O–H groups in total. The Morgan fingerprint density at radius 2 is 1.94 bits per heavy atom. The fraction of sp³-hybridized carbons (Fsp3) is 0.600. The van der Waals surface area contributed by atoms with Gasteiger partial charge in [0.1, 0.15) is 0 Å². The summed E-state index contributed by atoms with van der Waals surface area (Å²) in [5.74, 6) is 0. The number of hydrogen-bond donors (Lipinski definition) is 1. The van der Waals surface area contributed by atoms with Crippen molar-refractivity contribution in [3.8, 4) is 0 Å². The first-order valence-corrected chi connectivity index (χ1v) is 9.69. The maximum atomic E-state index is 6.29. The molecular weight excluding hydrogens is 238 g/mol. The molecule has 0 saturated carbocycles. The Hall–Kier alpha value is -0.803. The highest BCUT2D eigenvalue weighted by atomic mass is 28.4. The highest BCUT2D eigenvalue weighted by Gasteiger charge is 2.38. The van der Waals surface area contributed by atoms with Crippen LogP contribution in [-0.4, -0.2) is 21.0 Å². The minimum atomic E-state index is -1.62. The van der Waals surface area contributed by atoms with E-state index in [0.29, 0.717) is 11.1 Å². The average molecular weight is 263 g/mol. The molecular formula is C15H25NOSi. The van der Waals surface area contributed by atoms with Gasteiger partial charge in [-0.05, 0) is 36.2 Å². The third-order valence-corrected chi connectivity index (χ3v) is 8.80. The van der Waals surface area contributed by atoms with Crippen LogP contribution >= 0.6 is 0 Å². The monoisotopic (exact) mass is 263 g/mol. The molecule has 1 heterocycles. The van der Waals surface area contributed by atoms with Crippen molar-refractivity contribution in [2.24, 2.45) is 0 Å². The maximum absolute atomic E-state index is 6.29. The smallest absolute Gasteiger partial charge is 0.192 e. The summed E-state index contributed by atoms with van der Waals surface area (Å²) < 4.78 is 6.29. The van der Waals surface area contributed by atoms with E-state index in [1.807, 2.05) is 0 Å². The van der Waals surface area contributed by atoms with Gasteiger partial charge in [0, 0.05) is 5.69 Å². The van der Waals surface area contributed by atoms with Gasteiger partial charge in [-0.2, -0.15) is 0 Å². The van der Waals surface area contributed by atoms with Crippen LogP contribution in [0.3, 0.4) is 0 Å². The lowest BCUT2D eigenvalue weighted by atomic mass is 10.1. The molecule has 18 heavy (non-hydrogen) atoms. The van der Waals surface area contributed by atoms with Crippen LogP contribution in [0.25, 0.3) is 0 Å². The molecule has 1 aliphatic rings. The zero-order valence-electron chi connectivity index (χ0n) is 12.2. The SMILES string of the molecule is CC(C)(C)[Si](C)(C)OC[C@H]1Cc2ccccc2N1. The first-order valence-electron chi connectivity index (χ1n) is 6.78. The molecule has 0 fully saturated rings. The summed E-state index contributed by atoms with van der Waals surface area (Å²) in [6.45, 7) is 12.3. The van der Waals surface area contributed by atoms with E-state index in [0.717, 1.165) is 13.0 Å². The van der Waals surface area contributed by atoms with Crippen LogP contribution in [0.1, 0.15) is 26.3 Å². The van der Waals surface area contributed by atoms with E-state index in [9.17, 15) is 0 Å². The Morgan fingerprint density at radius 1 is 1.28 bits per heavy atom. The second kappa shape index (κ2) is 4.70. The van der Waals surface area contributed by atoms with Crippen molar-refractivity contribution in [1.82, 2.24) is 0 Å². The van der Waals surface area contributed by atoms with E-state index in [2.05, 4.69) is 63.4 Å². The average Bonchev–Trinajstić information content (AvgIpc) is 2.67. The fourth-order valence-corrected chi connectivity index (χ4v) is 3.05. The predicted octanol–water partition coefficient (Wildman–Crippen LogP) is 4.05. The lowest BCUT2D eigenvalue weighted by Crippen LogP contribution is -2.43. The number of rotatable bonds is 3. The largest absolute Gasteiger partial charge is 0.415 e. The molecule has 0 aromatic heterocycles. The van der Waals surface area contributed by atoms with Gasteiger partial charge in [-0.3, -0.25) is 0 Å². The molecule has 0 bridgehead atoms. The molecule has 0 radical (unpaired) electrons. The Morgan fingerprint density at radius 3 is 2.56 bits per heavy atom. The summed E-state index contributed by atoms with van der Waals surface area (Å²) in [5.41, 5.74) is 2.70. The number of para-hydroxylation sites is 1. The van der Waals surface area contributed by atoms with Crippen LogP contribution in [0.4, 0.5) is 5.69 Å². The van der Waals surface area contributed by atoms with E-state index < -0.39 is 8.32 Å². The van der Waals surface area contributed by atoms with Gasteiger partial charge in [0.25, 0.3) is 0 Å². The second-order valence-electron chi connectivity index (χ2n) is 6.77. The molecule has 1 aliphatic heterocycles. The van der Waals surface area contributed by atoms with Gasteiger partial charge in [-0.15, -0.1) is 0 Å². The van der Waals surface area contributed by atoms with Gasteiger partial charge in [0.05, 0.1) is 12.6 Å². The molecule has 1 aromatic rings. The lowest BCUT2D eigenvalue weighted by molar-refractivity contribution is 0.272. The molecule has 2 nitrogen and oxygen atoms in total. The maximum Gasteiger partial charge on any atom is 0.192 e. The zero-order valence-corrected chi connectivity index (χ0v) is 13.2. The van der Waals surface area contributed by atoms with Gasteiger partial charge in [0.15, 0.2) is 8.32 Å². The van der Waals surface area contributed by atoms with E-state index in [1.165, 1.54) is 11.3 Å². The molecule has 2 rings (SSSR count). The Bertz CT molecular complexity index is 398. The van der Waals surface area contributed by atoms with E-state index >= 15 is 0 Å². The number of nitrogens with one attached hydrogen (secondary N) is 1. The molecule has 0 aliphatic carbocycles. The third-order valence-electron chi connectivity index (χ3n) is 4.29. The Kier molecular flexibility index (Phi) is 3.56. The molecule has 100 valence electrons. The van der Waals surface area contributed by atoms with Gasteiger partial charge >= 0.3 is 0 Å². The van der Waals surface area contributed by atoms with Crippen molar-refractivity contribution in [3.05, 3.63) is 29.8 Å². The van der Waals surface area contributed by atoms with E-state index in [-0.39, 0.29) is 0 Å². The first kappa shape index (κ1) is 13.6. The first-order chi connectivity index (χ1) is 8.29. The number of anilines is 1. The summed E-state index contributed by atoms with van der Waals surface area (Å²) in [6.07, 6.45) is 1.09. The summed E-state index contributed by atoms with van der Waals surface area (Å²) in [6, 6.07) is 8.99. The summed E-state index contributed by atoms with van der Waals surface area (Å²) in [5, 5.41) is 3.85. The minimum Gasteiger partial charge on any atom is -0.415 e. The number of fused-ring (bicyclic) bond motifs is 1. The van der Waals surface area contributed by atoms with Crippen molar-refractivity contribution in [1.29, 1.82) is 0 Å². The van der Waals surface area contributed by atoms with E-state index in [1.54, 1.807) is 0 Å². The number of hydrogen-bond acceptors (Lipinski definition) is 2. The highest BCUT2D eigenvalue weighted by molar-refractivity contribution is 6.74. The van der Waals surface area contributed by atoms with Crippen LogP contribution in [0.2, 0.25) is 18.1 Å². The van der Waals surface area contributed by atoms with Crippen LogP contribution in [0.5, 0.6) is 0 Å². The highest BCUT2D eigenvalue weighted by Crippen LogP contribution is 2.37. The molecule has 0 unspecified atom stereocenters. The molecule has 0 spiro atoms. The van der Waals surface area contributed by atoms with Crippen LogP contribution in [0, 0.1) is 0 Å². The standard InChI is InChI=1S/C15H25NOSi/c1-15(2,3)18(4,5)17-11-13-10-12-8-6-7-9-14(12)16-13/h6-9,13,16H,10-11H2,1-5H3/t13-/m1/s1. The van der Waals surface area contributed by atoms with Crippen molar-refractivity contribution < 1.29 is 4.43 Å². The van der Waals surface area contributed by atoms with Gasteiger partial charge in [0.2, 0.25) is 0 Å². The second-order valence-corrected chi connectivity index (χ2v) is 11.6. The van der Waals surface area contributed by atoms with Gasteiger partial charge < -0.3 is 9.74 Å². The Labute approximate surface area is 112 Å². The number of benzene rings is 1. The summed E-state index contributed by atoms with van der Waals surface area (Å²) in [4.78, 5) is 0. The van der Waals surface area contributed by atoms with Crippen LogP contribution in [-0.2, 0) is 10.8 Å². The lowest BCUT2D eigenvalue weighted by Gasteiger charge is -2.37. The van der Waals surface area contributed by atoms with Gasteiger partial charge in [-0.25, -0.2) is 0 Å². The molecule has 0 amide bonds. The molecule has 0 saturated heterocycles. The molecule has 3 heteroatoms. The van der Waals surface area contributed by atoms with Crippen molar-refractivity contribution in [3.63, 3.8) is 0 Å². The third kappa shape index (κ3) is 2.78. The van der Waals surface area contributed by atoms with Crippen LogP contribution in [0.15, 0.2) is 24.3 Å². The predicted molar refractivity (Wildman–Crippen MR) is 80.7 cm³/mol. The zero-order chi connectivity index (χ0) is 13.4.